The summed E-state index contributed by atoms with van der Waals surface area (Å²) in [5, 5.41) is 4.09. The summed E-state index contributed by atoms with van der Waals surface area (Å²) in [6, 6.07) is 7.89. The number of benzene rings is 1. The highest BCUT2D eigenvalue weighted by Crippen LogP contribution is 2.21. The summed E-state index contributed by atoms with van der Waals surface area (Å²) in [6.45, 7) is 0.655. The molecule has 1 aromatic rings. The van der Waals surface area contributed by atoms with Gasteiger partial charge in [-0.15, -0.1) is 0 Å². The van der Waals surface area contributed by atoms with E-state index in [0.717, 1.165) is 5.75 Å². The zero-order chi connectivity index (χ0) is 14.2. The number of hydrogen-bond acceptors (Lipinski definition) is 2. The van der Waals surface area contributed by atoms with E-state index in [9.17, 15) is 0 Å². The summed E-state index contributed by atoms with van der Waals surface area (Å²) in [6.07, 6.45) is 10.1. The van der Waals surface area contributed by atoms with Gasteiger partial charge < -0.3 is 10.1 Å². The minimum absolute atomic E-state index is 0.298. The first-order valence-corrected chi connectivity index (χ1v) is 7.92. The van der Waals surface area contributed by atoms with Gasteiger partial charge in [-0.3, -0.25) is 0 Å². The smallest absolute Gasteiger partial charge is 0.120 e. The molecule has 1 N–H and O–H groups in total. The molecule has 0 spiro atoms. The Morgan fingerprint density at radius 1 is 1.25 bits per heavy atom. The number of ether oxygens (including phenoxy) is 1. The second-order valence-electron chi connectivity index (χ2n) is 5.34. The molecular weight excluding hydrogens is 270 g/mol. The van der Waals surface area contributed by atoms with Gasteiger partial charge in [0.2, 0.25) is 0 Å². The van der Waals surface area contributed by atoms with Crippen LogP contribution in [-0.4, -0.2) is 19.7 Å². The highest BCUT2D eigenvalue weighted by atomic mass is 35.5. The van der Waals surface area contributed by atoms with Crippen molar-refractivity contribution in [1.82, 2.24) is 5.32 Å². The van der Waals surface area contributed by atoms with Gasteiger partial charge in [0.15, 0.2) is 0 Å². The van der Waals surface area contributed by atoms with Crippen LogP contribution in [0.25, 0.3) is 0 Å². The fourth-order valence-corrected chi connectivity index (χ4v) is 2.83. The Bertz CT molecular complexity index is 444. The van der Waals surface area contributed by atoms with Crippen LogP contribution in [0, 0.1) is 0 Å². The van der Waals surface area contributed by atoms with Crippen LogP contribution < -0.4 is 10.1 Å². The Balaban J connectivity index is 1.94. The second-order valence-corrected chi connectivity index (χ2v) is 5.78. The Morgan fingerprint density at radius 2 is 2.10 bits per heavy atom. The van der Waals surface area contributed by atoms with Gasteiger partial charge in [-0.1, -0.05) is 42.2 Å². The molecule has 1 aliphatic rings. The SMILES string of the molecule is CNC(COc1cccc(Cl)c1)/C1=C/CCCCCC1. The third-order valence-electron chi connectivity index (χ3n) is 3.83. The van der Waals surface area contributed by atoms with E-state index in [-0.39, 0.29) is 0 Å². The van der Waals surface area contributed by atoms with E-state index in [0.29, 0.717) is 17.7 Å². The lowest BCUT2D eigenvalue weighted by molar-refractivity contribution is 0.283. The van der Waals surface area contributed by atoms with E-state index in [1.165, 1.54) is 44.1 Å². The molecule has 1 unspecified atom stereocenters. The normalized spacial score (nSPS) is 20.4. The standard InChI is InChI=1S/C17H24ClNO/c1-19-17(14-8-5-3-2-4-6-9-14)13-20-16-11-7-10-15(18)12-16/h7-8,10-12,17,19H,2-6,9,13H2,1H3/b14-8+. The molecule has 0 bridgehead atoms. The van der Waals surface area contributed by atoms with E-state index >= 15 is 0 Å². The summed E-state index contributed by atoms with van der Waals surface area (Å²) in [7, 11) is 2.01. The van der Waals surface area contributed by atoms with E-state index in [1.807, 2.05) is 31.3 Å². The maximum atomic E-state index is 5.98. The molecule has 0 radical (unpaired) electrons. The van der Waals surface area contributed by atoms with Gasteiger partial charge in [-0.05, 0) is 50.9 Å². The number of allylic oxidation sites excluding steroid dienone is 1. The lowest BCUT2D eigenvalue weighted by Gasteiger charge is -2.22. The summed E-state index contributed by atoms with van der Waals surface area (Å²) in [4.78, 5) is 0. The third kappa shape index (κ3) is 4.84. The molecule has 2 nitrogen and oxygen atoms in total. The van der Waals surface area contributed by atoms with Crippen molar-refractivity contribution in [2.45, 2.75) is 44.6 Å². The van der Waals surface area contributed by atoms with Crippen LogP contribution >= 0.6 is 11.6 Å². The molecule has 0 aliphatic heterocycles. The number of likely N-dealkylation sites (N-methyl/N-ethyl adjacent to an activating group) is 1. The predicted octanol–water partition coefficient (Wildman–Crippen LogP) is 4.59. The van der Waals surface area contributed by atoms with E-state index in [4.69, 9.17) is 16.3 Å². The number of hydrogen-bond donors (Lipinski definition) is 1. The lowest BCUT2D eigenvalue weighted by Crippen LogP contribution is -2.34. The first-order chi connectivity index (χ1) is 9.79. The molecule has 0 heterocycles. The highest BCUT2D eigenvalue weighted by molar-refractivity contribution is 6.30. The fourth-order valence-electron chi connectivity index (χ4n) is 2.65. The maximum absolute atomic E-state index is 5.98. The first-order valence-electron chi connectivity index (χ1n) is 7.54. The third-order valence-corrected chi connectivity index (χ3v) is 4.07. The molecular formula is C17H24ClNO. The van der Waals surface area contributed by atoms with Crippen molar-refractivity contribution in [2.24, 2.45) is 0 Å². The quantitative estimate of drug-likeness (QED) is 0.802. The fraction of sp³-hybridized carbons (Fsp3) is 0.529. The van der Waals surface area contributed by atoms with E-state index in [2.05, 4.69) is 11.4 Å². The van der Waals surface area contributed by atoms with Crippen molar-refractivity contribution >= 4 is 11.6 Å². The van der Waals surface area contributed by atoms with Crippen molar-refractivity contribution in [2.75, 3.05) is 13.7 Å². The molecule has 0 aromatic heterocycles. The largest absolute Gasteiger partial charge is 0.492 e. The lowest BCUT2D eigenvalue weighted by atomic mass is 9.95. The molecule has 20 heavy (non-hydrogen) atoms. The summed E-state index contributed by atoms with van der Waals surface area (Å²) in [5.74, 6) is 0.837. The molecule has 0 saturated heterocycles. The molecule has 1 atom stereocenters. The maximum Gasteiger partial charge on any atom is 0.120 e. The molecule has 0 amide bonds. The van der Waals surface area contributed by atoms with Crippen molar-refractivity contribution in [3.05, 3.63) is 40.9 Å². The number of nitrogens with one attached hydrogen (secondary N) is 1. The summed E-state index contributed by atoms with van der Waals surface area (Å²) in [5.41, 5.74) is 1.49. The molecule has 1 aromatic carbocycles. The predicted molar refractivity (Wildman–Crippen MR) is 85.6 cm³/mol. The van der Waals surface area contributed by atoms with E-state index in [1.54, 1.807) is 0 Å². The van der Waals surface area contributed by atoms with E-state index < -0.39 is 0 Å². The highest BCUT2D eigenvalue weighted by Gasteiger charge is 2.14. The van der Waals surface area contributed by atoms with Gasteiger partial charge in [-0.2, -0.15) is 0 Å². The van der Waals surface area contributed by atoms with Crippen molar-refractivity contribution in [3.8, 4) is 5.75 Å². The monoisotopic (exact) mass is 293 g/mol. The Morgan fingerprint density at radius 3 is 2.90 bits per heavy atom. The average Bonchev–Trinajstić information content (AvgIpc) is 2.41. The van der Waals surface area contributed by atoms with Gasteiger partial charge in [0, 0.05) is 5.02 Å². The molecule has 1 aliphatic carbocycles. The van der Waals surface area contributed by atoms with Crippen LogP contribution in [-0.2, 0) is 0 Å². The summed E-state index contributed by atoms with van der Waals surface area (Å²) >= 11 is 5.98. The van der Waals surface area contributed by atoms with Crippen LogP contribution in [0.5, 0.6) is 5.75 Å². The van der Waals surface area contributed by atoms with Crippen LogP contribution in [0.15, 0.2) is 35.9 Å². The Kier molecular flexibility index (Phi) is 6.41. The van der Waals surface area contributed by atoms with Crippen molar-refractivity contribution in [3.63, 3.8) is 0 Å². The van der Waals surface area contributed by atoms with Gasteiger partial charge in [-0.25, -0.2) is 0 Å². The van der Waals surface area contributed by atoms with Crippen molar-refractivity contribution < 1.29 is 4.74 Å². The molecule has 3 heteroatoms. The van der Waals surface area contributed by atoms with Crippen LogP contribution in [0.3, 0.4) is 0 Å². The minimum Gasteiger partial charge on any atom is -0.492 e. The Labute approximate surface area is 127 Å². The van der Waals surface area contributed by atoms with Gasteiger partial charge >= 0.3 is 0 Å². The Hall–Kier alpha value is -0.990. The number of rotatable bonds is 5. The second kappa shape index (κ2) is 8.33. The van der Waals surface area contributed by atoms with Crippen LogP contribution in [0.2, 0.25) is 5.02 Å². The van der Waals surface area contributed by atoms with Crippen LogP contribution in [0.1, 0.15) is 38.5 Å². The molecule has 0 fully saturated rings. The minimum atomic E-state index is 0.298. The van der Waals surface area contributed by atoms with Crippen molar-refractivity contribution in [1.29, 1.82) is 0 Å². The zero-order valence-electron chi connectivity index (χ0n) is 12.2. The summed E-state index contributed by atoms with van der Waals surface area (Å²) < 4.78 is 5.88. The first kappa shape index (κ1) is 15.4. The molecule has 0 saturated carbocycles. The topological polar surface area (TPSA) is 21.3 Å². The molecule has 2 rings (SSSR count). The number of halogens is 1. The molecule has 110 valence electrons. The average molecular weight is 294 g/mol. The van der Waals surface area contributed by atoms with Gasteiger partial charge in [0.05, 0.1) is 6.04 Å². The van der Waals surface area contributed by atoms with Gasteiger partial charge in [0.1, 0.15) is 12.4 Å². The van der Waals surface area contributed by atoms with Crippen LogP contribution in [0.4, 0.5) is 0 Å². The zero-order valence-corrected chi connectivity index (χ0v) is 13.0. The van der Waals surface area contributed by atoms with Gasteiger partial charge in [0.25, 0.3) is 0 Å².